The van der Waals surface area contributed by atoms with Gasteiger partial charge in [-0.1, -0.05) is 23.7 Å². The highest BCUT2D eigenvalue weighted by atomic mass is 35.5. The molecule has 86 valence electrons. The summed E-state index contributed by atoms with van der Waals surface area (Å²) in [5.74, 6) is -1.05. The van der Waals surface area contributed by atoms with Crippen molar-refractivity contribution in [1.82, 2.24) is 4.98 Å². The van der Waals surface area contributed by atoms with Crippen LogP contribution in [0.1, 0.15) is 16.1 Å². The topological polar surface area (TPSA) is 50.2 Å². The fourth-order valence-corrected chi connectivity index (χ4v) is 1.91. The second kappa shape index (κ2) is 4.55. The van der Waals surface area contributed by atoms with Crippen molar-refractivity contribution in [1.29, 1.82) is 0 Å². The highest BCUT2D eigenvalue weighted by Crippen LogP contribution is 2.28. The number of benzene rings is 1. The number of aromatic nitrogens is 1. The molecule has 2 rings (SSSR count). The van der Waals surface area contributed by atoms with Gasteiger partial charge in [-0.3, -0.25) is 0 Å². The lowest BCUT2D eigenvalue weighted by atomic mass is 10.0. The fourth-order valence-electron chi connectivity index (χ4n) is 1.57. The molecule has 1 heterocycles. The van der Waals surface area contributed by atoms with Crippen LogP contribution in [0.4, 0.5) is 0 Å². The van der Waals surface area contributed by atoms with E-state index in [0.29, 0.717) is 5.02 Å². The number of halogens is 1. The maximum Gasteiger partial charge on any atom is 0.354 e. The summed E-state index contributed by atoms with van der Waals surface area (Å²) in [5.41, 5.74) is 2.63. The van der Waals surface area contributed by atoms with Crippen molar-refractivity contribution in [3.05, 3.63) is 52.8 Å². The van der Waals surface area contributed by atoms with Gasteiger partial charge in [0.25, 0.3) is 0 Å². The predicted molar refractivity (Wildman–Crippen MR) is 66.4 cm³/mol. The third-order valence-corrected chi connectivity index (χ3v) is 2.73. The third kappa shape index (κ3) is 2.45. The van der Waals surface area contributed by atoms with Crippen molar-refractivity contribution in [2.75, 3.05) is 0 Å². The van der Waals surface area contributed by atoms with Gasteiger partial charge in [-0.25, -0.2) is 9.78 Å². The predicted octanol–water partition coefficient (Wildman–Crippen LogP) is 3.41. The number of rotatable bonds is 2. The second-order valence-corrected chi connectivity index (χ2v) is 4.13. The molecular formula is C13H10ClNO2. The molecule has 1 aromatic carbocycles. The van der Waals surface area contributed by atoms with Crippen LogP contribution >= 0.6 is 11.6 Å². The number of aromatic carboxylic acids is 1. The first-order valence-corrected chi connectivity index (χ1v) is 5.41. The third-order valence-electron chi connectivity index (χ3n) is 2.41. The quantitative estimate of drug-likeness (QED) is 0.885. The number of aryl methyl sites for hydroxylation is 1. The van der Waals surface area contributed by atoms with Gasteiger partial charge in [-0.15, -0.1) is 0 Å². The zero-order valence-electron chi connectivity index (χ0n) is 9.14. The van der Waals surface area contributed by atoms with Crippen molar-refractivity contribution in [2.45, 2.75) is 6.92 Å². The fraction of sp³-hybridized carbons (Fsp3) is 0.0769. The molecule has 17 heavy (non-hydrogen) atoms. The summed E-state index contributed by atoms with van der Waals surface area (Å²) in [7, 11) is 0. The number of carbonyl (C=O) groups is 1. The van der Waals surface area contributed by atoms with Crippen LogP contribution in [0.3, 0.4) is 0 Å². The van der Waals surface area contributed by atoms with Gasteiger partial charge in [-0.2, -0.15) is 0 Å². The van der Waals surface area contributed by atoms with E-state index in [1.807, 2.05) is 25.1 Å². The van der Waals surface area contributed by atoms with Crippen LogP contribution in [-0.4, -0.2) is 16.1 Å². The number of hydrogen-bond donors (Lipinski definition) is 1. The second-order valence-electron chi connectivity index (χ2n) is 3.72. The minimum atomic E-state index is -1.05. The van der Waals surface area contributed by atoms with Crippen molar-refractivity contribution in [3.8, 4) is 11.1 Å². The van der Waals surface area contributed by atoms with E-state index in [4.69, 9.17) is 16.7 Å². The lowest BCUT2D eigenvalue weighted by molar-refractivity contribution is 0.0690. The summed E-state index contributed by atoms with van der Waals surface area (Å²) in [6.07, 6.45) is 1.47. The number of hydrogen-bond acceptors (Lipinski definition) is 2. The van der Waals surface area contributed by atoms with Crippen LogP contribution in [-0.2, 0) is 0 Å². The Hall–Kier alpha value is -1.87. The molecule has 0 aliphatic rings. The Morgan fingerprint density at radius 2 is 2.06 bits per heavy atom. The molecule has 0 aliphatic carbocycles. The summed E-state index contributed by atoms with van der Waals surface area (Å²) in [4.78, 5) is 14.6. The molecule has 0 saturated carbocycles. The minimum absolute atomic E-state index is 0.0131. The lowest BCUT2D eigenvalue weighted by Gasteiger charge is -2.06. The van der Waals surface area contributed by atoms with Crippen LogP contribution < -0.4 is 0 Å². The molecule has 4 heteroatoms. The van der Waals surface area contributed by atoms with Gasteiger partial charge in [-0.05, 0) is 36.2 Å². The maximum absolute atomic E-state index is 10.8. The molecular weight excluding hydrogens is 238 g/mol. The van der Waals surface area contributed by atoms with E-state index < -0.39 is 5.97 Å². The summed E-state index contributed by atoms with van der Waals surface area (Å²) in [6, 6.07) is 8.90. The van der Waals surface area contributed by atoms with Crippen molar-refractivity contribution < 1.29 is 9.90 Å². The molecule has 0 bridgehead atoms. The van der Waals surface area contributed by atoms with Crippen molar-refractivity contribution in [3.63, 3.8) is 0 Å². The van der Waals surface area contributed by atoms with Gasteiger partial charge in [0, 0.05) is 16.8 Å². The van der Waals surface area contributed by atoms with Crippen LogP contribution in [0, 0.1) is 6.92 Å². The molecule has 2 aromatic rings. The Morgan fingerprint density at radius 1 is 1.29 bits per heavy atom. The zero-order valence-corrected chi connectivity index (χ0v) is 9.90. The molecule has 1 aromatic heterocycles. The highest BCUT2D eigenvalue weighted by Gasteiger charge is 2.08. The van der Waals surface area contributed by atoms with Gasteiger partial charge in [0.15, 0.2) is 0 Å². The van der Waals surface area contributed by atoms with Crippen LogP contribution in [0.15, 0.2) is 36.5 Å². The van der Waals surface area contributed by atoms with Gasteiger partial charge in [0.05, 0.1) is 0 Å². The molecule has 0 unspecified atom stereocenters. The average molecular weight is 248 g/mol. The first-order valence-electron chi connectivity index (χ1n) is 5.04. The molecule has 0 radical (unpaired) electrons. The number of carboxylic acids is 1. The Labute approximate surface area is 104 Å². The van der Waals surface area contributed by atoms with E-state index in [0.717, 1.165) is 16.7 Å². The van der Waals surface area contributed by atoms with Crippen molar-refractivity contribution >= 4 is 17.6 Å². The SMILES string of the molecule is Cc1ccc(-c2ccnc(C(=O)O)c2)c(Cl)c1. The first kappa shape index (κ1) is 11.6. The van der Waals surface area contributed by atoms with Crippen LogP contribution in [0.2, 0.25) is 5.02 Å². The molecule has 1 N–H and O–H groups in total. The zero-order chi connectivity index (χ0) is 12.4. The Kier molecular flexibility index (Phi) is 3.11. The van der Waals surface area contributed by atoms with Gasteiger partial charge >= 0.3 is 5.97 Å². The van der Waals surface area contributed by atoms with E-state index in [9.17, 15) is 4.79 Å². The van der Waals surface area contributed by atoms with Gasteiger partial charge < -0.3 is 5.11 Å². The average Bonchev–Trinajstić information content (AvgIpc) is 2.29. The summed E-state index contributed by atoms with van der Waals surface area (Å²) in [6.45, 7) is 1.95. The first-order chi connectivity index (χ1) is 8.08. The number of nitrogens with zero attached hydrogens (tertiary/aromatic N) is 1. The van der Waals surface area contributed by atoms with Crippen LogP contribution in [0.5, 0.6) is 0 Å². The molecule has 0 amide bonds. The minimum Gasteiger partial charge on any atom is -0.477 e. The van der Waals surface area contributed by atoms with E-state index >= 15 is 0 Å². The largest absolute Gasteiger partial charge is 0.477 e. The van der Waals surface area contributed by atoms with E-state index in [1.165, 1.54) is 12.3 Å². The smallest absolute Gasteiger partial charge is 0.354 e. The Balaban J connectivity index is 2.53. The Morgan fingerprint density at radius 3 is 2.71 bits per heavy atom. The van der Waals surface area contributed by atoms with E-state index in [2.05, 4.69) is 4.98 Å². The molecule has 3 nitrogen and oxygen atoms in total. The number of pyridine rings is 1. The molecule has 0 fully saturated rings. The standard InChI is InChI=1S/C13H10ClNO2/c1-8-2-3-10(11(14)6-8)9-4-5-15-12(7-9)13(16)17/h2-7H,1H3,(H,16,17). The highest BCUT2D eigenvalue weighted by molar-refractivity contribution is 6.33. The molecule has 0 aliphatic heterocycles. The molecule has 0 spiro atoms. The monoisotopic (exact) mass is 247 g/mol. The summed E-state index contributed by atoms with van der Waals surface area (Å²) < 4.78 is 0. The van der Waals surface area contributed by atoms with E-state index in [-0.39, 0.29) is 5.69 Å². The summed E-state index contributed by atoms with van der Waals surface area (Å²) in [5, 5.41) is 9.48. The maximum atomic E-state index is 10.8. The van der Waals surface area contributed by atoms with Crippen LogP contribution in [0.25, 0.3) is 11.1 Å². The number of carboxylic acid groups (broad SMARTS) is 1. The van der Waals surface area contributed by atoms with Gasteiger partial charge in [0.2, 0.25) is 0 Å². The van der Waals surface area contributed by atoms with E-state index in [1.54, 1.807) is 6.07 Å². The van der Waals surface area contributed by atoms with Crippen molar-refractivity contribution in [2.24, 2.45) is 0 Å². The molecule has 0 saturated heterocycles. The molecule has 0 atom stereocenters. The van der Waals surface area contributed by atoms with Gasteiger partial charge in [0.1, 0.15) is 5.69 Å². The lowest BCUT2D eigenvalue weighted by Crippen LogP contribution is -1.99. The normalized spacial score (nSPS) is 10.2. The summed E-state index contributed by atoms with van der Waals surface area (Å²) >= 11 is 6.13. The Bertz CT molecular complexity index is 581.